The molecule has 0 aliphatic rings. The van der Waals surface area contributed by atoms with Crippen LogP contribution in [0.2, 0.25) is 0 Å². The molecule has 9 heavy (non-hydrogen) atoms. The van der Waals surface area contributed by atoms with Gasteiger partial charge in [-0.15, -0.1) is 0 Å². The third-order valence-corrected chi connectivity index (χ3v) is 1.33. The molecule has 0 bridgehead atoms. The number of carbonyl (C=O) groups is 1. The highest BCUT2D eigenvalue weighted by atomic mass is 16.1. The van der Waals surface area contributed by atoms with Gasteiger partial charge in [-0.1, -0.05) is 13.3 Å². The summed E-state index contributed by atoms with van der Waals surface area (Å²) in [7, 11) is 0. The standard InChI is InChI=1S/C6H14N2O/c1-3-4-6(2,8)5(7)9/h3-4,8H2,1-2H3,(H2,7,9). The molecule has 54 valence electrons. The third kappa shape index (κ3) is 2.46. The Labute approximate surface area is 55.4 Å². The first-order valence-electron chi connectivity index (χ1n) is 3.09. The predicted molar refractivity (Wildman–Crippen MR) is 36.7 cm³/mol. The Balaban J connectivity index is 3.85. The number of primary amides is 1. The minimum absolute atomic E-state index is 0.427. The lowest BCUT2D eigenvalue weighted by Crippen LogP contribution is -2.49. The minimum Gasteiger partial charge on any atom is -0.368 e. The van der Waals surface area contributed by atoms with E-state index in [1.165, 1.54) is 0 Å². The Kier molecular flexibility index (Phi) is 2.65. The maximum Gasteiger partial charge on any atom is 0.237 e. The van der Waals surface area contributed by atoms with Crippen LogP contribution in [0, 0.1) is 0 Å². The average molecular weight is 130 g/mol. The minimum atomic E-state index is -0.811. The molecule has 0 aromatic heterocycles. The van der Waals surface area contributed by atoms with Gasteiger partial charge in [0.15, 0.2) is 0 Å². The average Bonchev–Trinajstić information content (AvgIpc) is 1.65. The van der Waals surface area contributed by atoms with Gasteiger partial charge in [0, 0.05) is 0 Å². The zero-order valence-electron chi connectivity index (χ0n) is 5.98. The van der Waals surface area contributed by atoms with Crippen LogP contribution in [0.3, 0.4) is 0 Å². The highest BCUT2D eigenvalue weighted by molar-refractivity contribution is 5.83. The lowest BCUT2D eigenvalue weighted by atomic mass is 9.97. The molecule has 3 nitrogen and oxygen atoms in total. The first-order chi connectivity index (χ1) is 4.00. The van der Waals surface area contributed by atoms with Crippen LogP contribution in [0.5, 0.6) is 0 Å². The van der Waals surface area contributed by atoms with Crippen molar-refractivity contribution in [2.75, 3.05) is 0 Å². The van der Waals surface area contributed by atoms with Crippen LogP contribution in [-0.4, -0.2) is 11.4 Å². The molecule has 0 aromatic carbocycles. The fraction of sp³-hybridized carbons (Fsp3) is 0.833. The molecule has 0 saturated heterocycles. The number of nitrogens with two attached hydrogens (primary N) is 2. The molecule has 0 saturated carbocycles. The zero-order valence-corrected chi connectivity index (χ0v) is 5.98. The van der Waals surface area contributed by atoms with Crippen molar-refractivity contribution in [2.24, 2.45) is 11.5 Å². The van der Waals surface area contributed by atoms with Crippen molar-refractivity contribution < 1.29 is 4.79 Å². The van der Waals surface area contributed by atoms with Crippen LogP contribution in [-0.2, 0) is 4.79 Å². The zero-order chi connectivity index (χ0) is 7.49. The summed E-state index contributed by atoms with van der Waals surface area (Å²) in [4.78, 5) is 10.5. The van der Waals surface area contributed by atoms with Gasteiger partial charge in [-0.05, 0) is 13.3 Å². The van der Waals surface area contributed by atoms with Gasteiger partial charge in [-0.2, -0.15) is 0 Å². The largest absolute Gasteiger partial charge is 0.368 e. The summed E-state index contributed by atoms with van der Waals surface area (Å²) in [6.45, 7) is 3.62. The van der Waals surface area contributed by atoms with Gasteiger partial charge in [0.1, 0.15) is 0 Å². The molecule has 0 heterocycles. The van der Waals surface area contributed by atoms with Gasteiger partial charge >= 0.3 is 0 Å². The Morgan fingerprint density at radius 3 is 2.22 bits per heavy atom. The number of rotatable bonds is 3. The molecule has 3 heteroatoms. The molecule has 0 aromatic rings. The van der Waals surface area contributed by atoms with Crippen LogP contribution in [0.25, 0.3) is 0 Å². The second-order valence-corrected chi connectivity index (χ2v) is 2.53. The molecular weight excluding hydrogens is 116 g/mol. The van der Waals surface area contributed by atoms with Crippen LogP contribution < -0.4 is 11.5 Å². The van der Waals surface area contributed by atoms with Crippen molar-refractivity contribution in [3.63, 3.8) is 0 Å². The summed E-state index contributed by atoms with van der Waals surface area (Å²) < 4.78 is 0. The Morgan fingerprint density at radius 2 is 2.11 bits per heavy atom. The maximum absolute atomic E-state index is 10.5. The summed E-state index contributed by atoms with van der Waals surface area (Å²) >= 11 is 0. The van der Waals surface area contributed by atoms with Crippen molar-refractivity contribution in [3.8, 4) is 0 Å². The highest BCUT2D eigenvalue weighted by Gasteiger charge is 2.23. The number of carbonyl (C=O) groups excluding carboxylic acids is 1. The molecule has 0 rings (SSSR count). The van der Waals surface area contributed by atoms with E-state index in [4.69, 9.17) is 11.5 Å². The molecule has 4 N–H and O–H groups in total. The number of hydrogen-bond donors (Lipinski definition) is 2. The van der Waals surface area contributed by atoms with Crippen LogP contribution in [0.1, 0.15) is 26.7 Å². The molecule has 0 aliphatic heterocycles. The smallest absolute Gasteiger partial charge is 0.237 e. The van der Waals surface area contributed by atoms with E-state index in [1.54, 1.807) is 6.92 Å². The summed E-state index contributed by atoms with van der Waals surface area (Å²) in [5.74, 6) is -0.427. The first kappa shape index (κ1) is 8.43. The molecule has 1 atom stereocenters. The lowest BCUT2D eigenvalue weighted by Gasteiger charge is -2.18. The van der Waals surface area contributed by atoms with E-state index in [0.717, 1.165) is 6.42 Å². The van der Waals surface area contributed by atoms with Crippen molar-refractivity contribution in [2.45, 2.75) is 32.2 Å². The first-order valence-corrected chi connectivity index (χ1v) is 3.09. The van der Waals surface area contributed by atoms with Crippen molar-refractivity contribution >= 4 is 5.91 Å². The molecule has 0 fully saturated rings. The molecule has 1 unspecified atom stereocenters. The van der Waals surface area contributed by atoms with Crippen LogP contribution in [0.4, 0.5) is 0 Å². The van der Waals surface area contributed by atoms with Gasteiger partial charge in [-0.3, -0.25) is 4.79 Å². The van der Waals surface area contributed by atoms with Gasteiger partial charge < -0.3 is 11.5 Å². The second-order valence-electron chi connectivity index (χ2n) is 2.53. The van der Waals surface area contributed by atoms with E-state index >= 15 is 0 Å². The van der Waals surface area contributed by atoms with E-state index in [9.17, 15) is 4.79 Å². The third-order valence-electron chi connectivity index (χ3n) is 1.33. The molecule has 0 radical (unpaired) electrons. The summed E-state index contributed by atoms with van der Waals surface area (Å²) in [6.07, 6.45) is 1.54. The fourth-order valence-electron chi connectivity index (χ4n) is 0.643. The Hall–Kier alpha value is -0.570. The van der Waals surface area contributed by atoms with E-state index < -0.39 is 11.4 Å². The van der Waals surface area contributed by atoms with E-state index in [-0.39, 0.29) is 0 Å². The van der Waals surface area contributed by atoms with Gasteiger partial charge in [0.25, 0.3) is 0 Å². The Bertz CT molecular complexity index is 110. The summed E-state index contributed by atoms with van der Waals surface area (Å²) in [5.41, 5.74) is 9.68. The normalized spacial score (nSPS) is 16.8. The van der Waals surface area contributed by atoms with Crippen molar-refractivity contribution in [3.05, 3.63) is 0 Å². The monoisotopic (exact) mass is 130 g/mol. The predicted octanol–water partition coefficient (Wildman–Crippen LogP) is -0.0108. The van der Waals surface area contributed by atoms with Gasteiger partial charge in [0.2, 0.25) is 5.91 Å². The molecule has 0 aliphatic carbocycles. The summed E-state index contributed by atoms with van der Waals surface area (Å²) in [5, 5.41) is 0. The highest BCUT2D eigenvalue weighted by Crippen LogP contribution is 2.06. The second kappa shape index (κ2) is 2.82. The molecule has 0 spiro atoms. The Morgan fingerprint density at radius 1 is 1.67 bits per heavy atom. The van der Waals surface area contributed by atoms with Gasteiger partial charge in [0.05, 0.1) is 5.54 Å². The van der Waals surface area contributed by atoms with Crippen LogP contribution in [0.15, 0.2) is 0 Å². The number of hydrogen-bond acceptors (Lipinski definition) is 2. The fourth-order valence-corrected chi connectivity index (χ4v) is 0.643. The molecular formula is C6H14N2O. The van der Waals surface area contributed by atoms with E-state index in [1.807, 2.05) is 6.92 Å². The van der Waals surface area contributed by atoms with E-state index in [2.05, 4.69) is 0 Å². The quantitative estimate of drug-likeness (QED) is 0.564. The lowest BCUT2D eigenvalue weighted by molar-refractivity contribution is -0.122. The molecule has 1 amide bonds. The SMILES string of the molecule is CCCC(C)(N)C(N)=O. The summed E-state index contributed by atoms with van der Waals surface area (Å²) in [6, 6.07) is 0. The van der Waals surface area contributed by atoms with Crippen molar-refractivity contribution in [1.82, 2.24) is 0 Å². The number of amides is 1. The van der Waals surface area contributed by atoms with Crippen LogP contribution >= 0.6 is 0 Å². The maximum atomic E-state index is 10.5. The van der Waals surface area contributed by atoms with E-state index in [0.29, 0.717) is 6.42 Å². The van der Waals surface area contributed by atoms with Crippen molar-refractivity contribution in [1.29, 1.82) is 0 Å². The van der Waals surface area contributed by atoms with Gasteiger partial charge in [-0.25, -0.2) is 0 Å². The topological polar surface area (TPSA) is 69.1 Å².